The number of pyridine rings is 2. The molecule has 0 aliphatic carbocycles. The first kappa shape index (κ1) is 25.0. The molecule has 0 spiro atoms. The van der Waals surface area contributed by atoms with Crippen LogP contribution in [0.15, 0.2) is 73.2 Å². The third-order valence-corrected chi connectivity index (χ3v) is 6.72. The Labute approximate surface area is 211 Å². The third kappa shape index (κ3) is 5.27. The van der Waals surface area contributed by atoms with Crippen LogP contribution in [0.2, 0.25) is 0 Å². The lowest BCUT2D eigenvalue weighted by atomic mass is 9.80. The van der Waals surface area contributed by atoms with Gasteiger partial charge in [-0.3, -0.25) is 24.3 Å². The molecule has 1 saturated heterocycles. The Hall–Kier alpha value is -4.07. The largest absolute Gasteiger partial charge is 0.384 e. The minimum absolute atomic E-state index is 0.0781. The number of anilines is 2. The van der Waals surface area contributed by atoms with Crippen molar-refractivity contribution in [1.29, 1.82) is 0 Å². The monoisotopic (exact) mass is 485 g/mol. The van der Waals surface area contributed by atoms with Crippen LogP contribution in [-0.4, -0.2) is 45.7 Å². The number of rotatable bonds is 9. The number of likely N-dealkylation sites (N-methyl/N-ethyl adjacent to an activating group) is 1. The molecule has 1 aromatic carbocycles. The molecule has 0 saturated carbocycles. The van der Waals surface area contributed by atoms with Crippen molar-refractivity contribution in [2.24, 2.45) is 5.92 Å². The number of hydrogen-bond donors (Lipinski definition) is 1. The minimum Gasteiger partial charge on any atom is -0.384 e. The first-order valence-electron chi connectivity index (χ1n) is 12.2. The molecule has 3 amide bonds. The Morgan fingerprint density at radius 3 is 2.56 bits per heavy atom. The second-order valence-electron chi connectivity index (χ2n) is 9.16. The minimum atomic E-state index is -0.888. The highest BCUT2D eigenvalue weighted by Gasteiger charge is 2.55. The van der Waals surface area contributed by atoms with Gasteiger partial charge in [-0.25, -0.2) is 4.98 Å². The summed E-state index contributed by atoms with van der Waals surface area (Å²) >= 11 is 0. The number of aromatic nitrogens is 2. The molecule has 36 heavy (non-hydrogen) atoms. The van der Waals surface area contributed by atoms with Gasteiger partial charge < -0.3 is 10.6 Å². The summed E-state index contributed by atoms with van der Waals surface area (Å²) in [6.07, 6.45) is 7.13. The first-order chi connectivity index (χ1) is 17.4. The number of benzene rings is 1. The number of nitrogens with two attached hydrogens (primary N) is 1. The molecule has 3 heterocycles. The Morgan fingerprint density at radius 1 is 1.11 bits per heavy atom. The van der Waals surface area contributed by atoms with Crippen molar-refractivity contribution in [3.63, 3.8) is 0 Å². The molecular weight excluding hydrogens is 454 g/mol. The van der Waals surface area contributed by atoms with E-state index in [1.54, 1.807) is 37.8 Å². The van der Waals surface area contributed by atoms with E-state index in [0.717, 1.165) is 28.9 Å². The van der Waals surface area contributed by atoms with E-state index >= 15 is 0 Å². The third-order valence-electron chi connectivity index (χ3n) is 6.72. The number of carbonyl (C=O) groups is 3. The summed E-state index contributed by atoms with van der Waals surface area (Å²) in [5, 5.41) is 0. The molecule has 1 fully saturated rings. The van der Waals surface area contributed by atoms with Gasteiger partial charge in [-0.15, -0.1) is 0 Å². The van der Waals surface area contributed by atoms with Crippen molar-refractivity contribution in [2.75, 3.05) is 17.7 Å². The summed E-state index contributed by atoms with van der Waals surface area (Å²) < 4.78 is 0. The number of hydrogen-bond acceptors (Lipinski definition) is 6. The van der Waals surface area contributed by atoms with E-state index in [1.807, 2.05) is 42.5 Å². The van der Waals surface area contributed by atoms with Crippen molar-refractivity contribution in [1.82, 2.24) is 14.9 Å². The quantitative estimate of drug-likeness (QED) is 0.464. The van der Waals surface area contributed by atoms with Gasteiger partial charge in [-0.2, -0.15) is 0 Å². The Morgan fingerprint density at radius 2 is 1.89 bits per heavy atom. The molecule has 8 heteroatoms. The maximum Gasteiger partial charge on any atom is 0.250 e. The average Bonchev–Trinajstić information content (AvgIpc) is 2.90. The van der Waals surface area contributed by atoms with E-state index in [2.05, 4.69) is 16.9 Å². The summed E-state index contributed by atoms with van der Waals surface area (Å²) in [6, 6.07) is 15.6. The predicted molar refractivity (Wildman–Crippen MR) is 138 cm³/mol. The smallest absolute Gasteiger partial charge is 0.250 e. The Bertz CT molecular complexity index is 1220. The molecule has 186 valence electrons. The van der Waals surface area contributed by atoms with E-state index < -0.39 is 12.0 Å². The number of imide groups is 1. The molecule has 0 bridgehead atoms. The van der Waals surface area contributed by atoms with Gasteiger partial charge in [0.25, 0.3) is 5.91 Å². The van der Waals surface area contributed by atoms with Crippen molar-refractivity contribution >= 4 is 29.2 Å². The highest BCUT2D eigenvalue weighted by atomic mass is 16.2. The summed E-state index contributed by atoms with van der Waals surface area (Å²) in [6.45, 7) is 2.06. The summed E-state index contributed by atoms with van der Waals surface area (Å²) in [7, 11) is 1.67. The average molecular weight is 486 g/mol. The fourth-order valence-corrected chi connectivity index (χ4v) is 4.82. The molecule has 1 aliphatic heterocycles. The van der Waals surface area contributed by atoms with E-state index in [-0.39, 0.29) is 30.1 Å². The van der Waals surface area contributed by atoms with E-state index in [1.165, 1.54) is 4.90 Å². The zero-order valence-corrected chi connectivity index (χ0v) is 20.6. The fraction of sp³-hybridized carbons (Fsp3) is 0.321. The van der Waals surface area contributed by atoms with Crippen molar-refractivity contribution in [3.8, 4) is 0 Å². The van der Waals surface area contributed by atoms with E-state index in [0.29, 0.717) is 17.9 Å². The zero-order chi connectivity index (χ0) is 25.7. The van der Waals surface area contributed by atoms with Crippen molar-refractivity contribution < 1.29 is 14.4 Å². The number of likely N-dealkylation sites (tertiary alicyclic amines) is 1. The van der Waals surface area contributed by atoms with Gasteiger partial charge in [0.2, 0.25) is 11.8 Å². The fourth-order valence-electron chi connectivity index (χ4n) is 4.82. The standard InChI is InChI=1S/C28H31N5O3/c1-3-8-20(21-9-7-13-30-18-21)17-25(34)33-26(28(36)32(2)22-10-5-4-6-11-22)23(27(33)35)15-19-12-14-31-24(29)16-19/h4-7,9-14,16,18,20,23,26H,3,8,15,17H2,1-2H3,(H2,29,31)/t20-,23+,26-/m0/s1. The molecule has 2 aromatic heterocycles. The lowest BCUT2D eigenvalue weighted by molar-refractivity contribution is -0.170. The van der Waals surface area contributed by atoms with Crippen LogP contribution in [0.3, 0.4) is 0 Å². The molecule has 2 N–H and O–H groups in total. The van der Waals surface area contributed by atoms with Crippen LogP contribution in [0, 0.1) is 5.92 Å². The van der Waals surface area contributed by atoms with Crippen LogP contribution in [0.4, 0.5) is 11.5 Å². The van der Waals surface area contributed by atoms with E-state index in [9.17, 15) is 14.4 Å². The van der Waals surface area contributed by atoms with Crippen molar-refractivity contribution in [3.05, 3.63) is 84.3 Å². The Balaban J connectivity index is 1.60. The number of para-hydroxylation sites is 1. The second-order valence-corrected chi connectivity index (χ2v) is 9.16. The maximum atomic E-state index is 13.7. The summed E-state index contributed by atoms with van der Waals surface area (Å²) in [5.41, 5.74) is 8.27. The van der Waals surface area contributed by atoms with Crippen LogP contribution in [0.5, 0.6) is 0 Å². The van der Waals surface area contributed by atoms with Crippen LogP contribution >= 0.6 is 0 Å². The molecule has 8 nitrogen and oxygen atoms in total. The highest BCUT2D eigenvalue weighted by molar-refractivity contribution is 6.12. The van der Waals surface area contributed by atoms with E-state index in [4.69, 9.17) is 5.73 Å². The highest BCUT2D eigenvalue weighted by Crippen LogP contribution is 2.35. The predicted octanol–water partition coefficient (Wildman–Crippen LogP) is 3.59. The van der Waals surface area contributed by atoms with Gasteiger partial charge >= 0.3 is 0 Å². The van der Waals surface area contributed by atoms with Gasteiger partial charge in [0.05, 0.1) is 5.92 Å². The molecule has 0 unspecified atom stereocenters. The normalized spacial score (nSPS) is 17.8. The molecule has 3 aromatic rings. The SMILES string of the molecule is CCC[C@@H](CC(=O)N1C(=O)[C@H](Cc2ccnc(N)c2)[C@H]1C(=O)N(C)c1ccccc1)c1cccnc1. The van der Waals surface area contributed by atoms with Gasteiger partial charge in [0, 0.05) is 37.7 Å². The molecule has 3 atom stereocenters. The zero-order valence-electron chi connectivity index (χ0n) is 20.6. The van der Waals surface area contributed by atoms with Gasteiger partial charge in [-0.1, -0.05) is 37.6 Å². The molecular formula is C28H31N5O3. The van der Waals surface area contributed by atoms with Gasteiger partial charge in [0.1, 0.15) is 11.9 Å². The van der Waals surface area contributed by atoms with Crippen LogP contribution in [0.25, 0.3) is 0 Å². The van der Waals surface area contributed by atoms with Crippen LogP contribution < -0.4 is 10.6 Å². The Kier molecular flexibility index (Phi) is 7.73. The van der Waals surface area contributed by atoms with Crippen LogP contribution in [0.1, 0.15) is 43.2 Å². The number of carbonyl (C=O) groups excluding carboxylic acids is 3. The summed E-state index contributed by atoms with van der Waals surface area (Å²) in [4.78, 5) is 51.4. The lowest BCUT2D eigenvalue weighted by Crippen LogP contribution is -2.69. The maximum absolute atomic E-state index is 13.7. The number of nitrogens with zero attached hydrogens (tertiary/aromatic N) is 4. The molecule has 1 aliphatic rings. The number of β-lactam (4-membered cyclic amide) rings is 1. The van der Waals surface area contributed by atoms with Crippen molar-refractivity contribution in [2.45, 2.75) is 44.6 Å². The second kappa shape index (κ2) is 11.1. The van der Waals surface area contributed by atoms with Gasteiger partial charge in [0.15, 0.2) is 0 Å². The first-order valence-corrected chi connectivity index (χ1v) is 12.2. The number of amides is 3. The topological polar surface area (TPSA) is 109 Å². The summed E-state index contributed by atoms with van der Waals surface area (Å²) in [5.74, 6) is -1.36. The van der Waals surface area contributed by atoms with Crippen LogP contribution in [-0.2, 0) is 20.8 Å². The lowest BCUT2D eigenvalue weighted by Gasteiger charge is -2.46. The van der Waals surface area contributed by atoms with Gasteiger partial charge in [-0.05, 0) is 60.2 Å². The number of nitrogen functional groups attached to an aromatic ring is 1. The molecule has 0 radical (unpaired) electrons. The molecule has 4 rings (SSSR count).